The van der Waals surface area contributed by atoms with Crippen LogP contribution < -0.4 is 10.4 Å². The lowest BCUT2D eigenvalue weighted by Gasteiger charge is -2.13. The minimum atomic E-state index is -3.12. The zero-order valence-electron chi connectivity index (χ0n) is 19.3. The van der Waals surface area contributed by atoms with Crippen LogP contribution in [0.3, 0.4) is 0 Å². The van der Waals surface area contributed by atoms with Gasteiger partial charge in [-0.3, -0.25) is 4.98 Å². The summed E-state index contributed by atoms with van der Waals surface area (Å²) in [5.41, 5.74) is 3.39. The molecule has 182 valence electrons. The van der Waals surface area contributed by atoms with E-state index < -0.39 is 17.3 Å². The van der Waals surface area contributed by atoms with Crippen molar-refractivity contribution >= 4 is 17.2 Å². The maximum absolute atomic E-state index is 13.7. The summed E-state index contributed by atoms with van der Waals surface area (Å²) in [4.78, 5) is 21.3. The van der Waals surface area contributed by atoms with Crippen molar-refractivity contribution in [2.24, 2.45) is 0 Å². The predicted octanol–water partition coefficient (Wildman–Crippen LogP) is 5.44. The van der Waals surface area contributed by atoms with Crippen LogP contribution in [0.2, 0.25) is 5.02 Å². The number of benzene rings is 1. The minimum absolute atomic E-state index is 0.00851. The molecular formula is C26H20ClF2N5O2. The number of pyridine rings is 3. The van der Waals surface area contributed by atoms with Crippen molar-refractivity contribution in [1.29, 1.82) is 0 Å². The highest BCUT2D eigenvalue weighted by Gasteiger charge is 2.27. The molecule has 7 nitrogen and oxygen atoms in total. The van der Waals surface area contributed by atoms with Gasteiger partial charge in [0.1, 0.15) is 5.69 Å². The number of fused-ring (bicyclic) bond motifs is 1. The maximum atomic E-state index is 13.7. The number of halogens is 3. The van der Waals surface area contributed by atoms with Gasteiger partial charge in [0.25, 0.3) is 5.92 Å². The molecule has 36 heavy (non-hydrogen) atoms. The van der Waals surface area contributed by atoms with Crippen LogP contribution in [0.4, 0.5) is 8.78 Å². The van der Waals surface area contributed by atoms with E-state index in [0.29, 0.717) is 16.2 Å². The minimum Gasteiger partial charge on any atom is -0.481 e. The van der Waals surface area contributed by atoms with Crippen LogP contribution >= 0.6 is 11.6 Å². The van der Waals surface area contributed by atoms with E-state index in [1.54, 1.807) is 30.7 Å². The Bertz CT molecular complexity index is 1610. The second kappa shape index (κ2) is 9.16. The van der Waals surface area contributed by atoms with Crippen molar-refractivity contribution in [2.45, 2.75) is 19.4 Å². The Hall–Kier alpha value is -4.11. The fourth-order valence-electron chi connectivity index (χ4n) is 4.03. The highest BCUT2D eigenvalue weighted by Crippen LogP contribution is 2.35. The van der Waals surface area contributed by atoms with Gasteiger partial charge in [-0.25, -0.2) is 18.9 Å². The van der Waals surface area contributed by atoms with Crippen LogP contribution in [0.5, 0.6) is 5.88 Å². The fourth-order valence-corrected chi connectivity index (χ4v) is 4.15. The Morgan fingerprint density at radius 3 is 2.39 bits per heavy atom. The average molecular weight is 508 g/mol. The standard InChI is InChI=1S/C26H20ClF2N5O2/c1-26(28,29)21-8-5-18(24(31-21)36-2)15-34-25(35)33-14-11-20(16-3-6-19(27)7-4-16)22(23(33)32-34)17-9-12-30-13-10-17/h3-14H,15H2,1-2H3. The first-order valence-corrected chi connectivity index (χ1v) is 11.3. The molecule has 0 fully saturated rings. The third-order valence-corrected chi connectivity index (χ3v) is 6.03. The second-order valence-corrected chi connectivity index (χ2v) is 8.67. The SMILES string of the molecule is COc1nc(C(C)(F)F)ccc1Cn1nc2c(-c3ccncc3)c(-c3ccc(Cl)cc3)ccn2c1=O. The van der Waals surface area contributed by atoms with Gasteiger partial charge in [0.2, 0.25) is 5.88 Å². The van der Waals surface area contributed by atoms with Crippen LogP contribution in [0.15, 0.2) is 78.0 Å². The summed E-state index contributed by atoms with van der Waals surface area (Å²) in [7, 11) is 1.34. The molecule has 0 bridgehead atoms. The second-order valence-electron chi connectivity index (χ2n) is 8.23. The Kier molecular flexibility index (Phi) is 6.01. The number of aromatic nitrogens is 5. The Labute approximate surface area is 209 Å². The van der Waals surface area contributed by atoms with Gasteiger partial charge < -0.3 is 4.74 Å². The molecule has 0 radical (unpaired) electrons. The summed E-state index contributed by atoms with van der Waals surface area (Å²) < 4.78 is 35.4. The van der Waals surface area contributed by atoms with E-state index in [2.05, 4.69) is 15.1 Å². The van der Waals surface area contributed by atoms with Crippen LogP contribution in [0.1, 0.15) is 18.2 Å². The topological polar surface area (TPSA) is 74.3 Å². The molecule has 0 spiro atoms. The maximum Gasteiger partial charge on any atom is 0.350 e. The predicted molar refractivity (Wildman–Crippen MR) is 133 cm³/mol. The molecule has 0 amide bonds. The van der Waals surface area contributed by atoms with E-state index in [9.17, 15) is 13.6 Å². The Morgan fingerprint density at radius 1 is 1.00 bits per heavy atom. The van der Waals surface area contributed by atoms with Crippen LogP contribution in [0, 0.1) is 0 Å². The Morgan fingerprint density at radius 2 is 1.72 bits per heavy atom. The third-order valence-electron chi connectivity index (χ3n) is 5.78. The van der Waals surface area contributed by atoms with Gasteiger partial charge in [-0.05, 0) is 59.2 Å². The first kappa shape index (κ1) is 23.6. The van der Waals surface area contributed by atoms with Crippen LogP contribution in [-0.2, 0) is 12.5 Å². The fraction of sp³-hybridized carbons (Fsp3) is 0.154. The van der Waals surface area contributed by atoms with Crippen LogP contribution in [-0.4, -0.2) is 31.3 Å². The van der Waals surface area contributed by atoms with Gasteiger partial charge >= 0.3 is 5.69 Å². The van der Waals surface area contributed by atoms with E-state index in [4.69, 9.17) is 16.3 Å². The molecular weight excluding hydrogens is 488 g/mol. The number of methoxy groups -OCH3 is 1. The molecule has 0 aliphatic carbocycles. The van der Waals surface area contributed by atoms with Gasteiger partial charge in [0, 0.05) is 41.7 Å². The molecule has 5 aromatic rings. The van der Waals surface area contributed by atoms with Crippen molar-refractivity contribution < 1.29 is 13.5 Å². The molecule has 5 rings (SSSR count). The van der Waals surface area contributed by atoms with Crippen molar-refractivity contribution in [3.63, 3.8) is 0 Å². The van der Waals surface area contributed by atoms with Crippen molar-refractivity contribution in [3.05, 3.63) is 100.0 Å². The third kappa shape index (κ3) is 4.33. The highest BCUT2D eigenvalue weighted by atomic mass is 35.5. The van der Waals surface area contributed by atoms with Gasteiger partial charge in [0.15, 0.2) is 5.65 Å². The zero-order chi connectivity index (χ0) is 25.4. The quantitative estimate of drug-likeness (QED) is 0.306. The zero-order valence-corrected chi connectivity index (χ0v) is 20.1. The summed E-state index contributed by atoms with van der Waals surface area (Å²) in [5, 5.41) is 5.23. The number of ether oxygens (including phenoxy) is 1. The lowest BCUT2D eigenvalue weighted by atomic mass is 9.96. The van der Waals surface area contributed by atoms with E-state index in [-0.39, 0.29) is 12.4 Å². The largest absolute Gasteiger partial charge is 0.481 e. The highest BCUT2D eigenvalue weighted by molar-refractivity contribution is 6.30. The first-order valence-electron chi connectivity index (χ1n) is 11.0. The molecule has 0 saturated carbocycles. The molecule has 10 heteroatoms. The van der Waals surface area contributed by atoms with Gasteiger partial charge in [-0.1, -0.05) is 23.7 Å². The smallest absolute Gasteiger partial charge is 0.350 e. The van der Waals surface area contributed by atoms with E-state index in [0.717, 1.165) is 29.2 Å². The normalized spacial score (nSPS) is 11.7. The number of hydrogen-bond donors (Lipinski definition) is 0. The molecule has 0 N–H and O–H groups in total. The number of hydrogen-bond acceptors (Lipinski definition) is 5. The van der Waals surface area contributed by atoms with Crippen molar-refractivity contribution in [1.82, 2.24) is 24.1 Å². The summed E-state index contributed by atoms with van der Waals surface area (Å²) in [6.07, 6.45) is 4.99. The molecule has 4 heterocycles. The van der Waals surface area contributed by atoms with E-state index in [1.165, 1.54) is 28.3 Å². The summed E-state index contributed by atoms with van der Waals surface area (Å²) in [6.45, 7) is 0.748. The molecule has 1 aromatic carbocycles. The summed E-state index contributed by atoms with van der Waals surface area (Å²) in [5.74, 6) is -3.11. The van der Waals surface area contributed by atoms with E-state index >= 15 is 0 Å². The number of alkyl halides is 2. The molecule has 0 atom stereocenters. The number of rotatable bonds is 6. The molecule has 0 saturated heterocycles. The van der Waals surface area contributed by atoms with Crippen LogP contribution in [0.25, 0.3) is 27.9 Å². The lowest BCUT2D eigenvalue weighted by molar-refractivity contribution is 0.0122. The van der Waals surface area contributed by atoms with E-state index in [1.807, 2.05) is 30.3 Å². The first-order chi connectivity index (χ1) is 17.3. The Balaban J connectivity index is 1.67. The summed E-state index contributed by atoms with van der Waals surface area (Å²) >= 11 is 6.09. The van der Waals surface area contributed by atoms with Gasteiger partial charge in [-0.15, -0.1) is 5.10 Å². The molecule has 0 unspecified atom stereocenters. The average Bonchev–Trinajstić information content (AvgIpc) is 3.19. The number of nitrogens with zero attached hydrogens (tertiary/aromatic N) is 5. The summed E-state index contributed by atoms with van der Waals surface area (Å²) in [6, 6.07) is 15.6. The van der Waals surface area contributed by atoms with Gasteiger partial charge in [0.05, 0.1) is 13.7 Å². The van der Waals surface area contributed by atoms with Crippen molar-refractivity contribution in [3.8, 4) is 28.1 Å². The molecule has 0 aliphatic rings. The molecule has 4 aromatic heterocycles. The lowest BCUT2D eigenvalue weighted by Crippen LogP contribution is -2.22. The monoisotopic (exact) mass is 507 g/mol. The molecule has 0 aliphatic heterocycles. The van der Waals surface area contributed by atoms with Gasteiger partial charge in [-0.2, -0.15) is 8.78 Å². The van der Waals surface area contributed by atoms with Crippen molar-refractivity contribution in [2.75, 3.05) is 7.11 Å².